The van der Waals surface area contributed by atoms with Crippen LogP contribution in [0.5, 0.6) is 23.0 Å². The minimum atomic E-state index is -0.578. The molecule has 28 heavy (non-hydrogen) atoms. The van der Waals surface area contributed by atoms with Crippen molar-refractivity contribution in [3.63, 3.8) is 0 Å². The van der Waals surface area contributed by atoms with Gasteiger partial charge in [-0.25, -0.2) is 0 Å². The molecule has 1 heterocycles. The Bertz CT molecular complexity index is 1050. The van der Waals surface area contributed by atoms with Gasteiger partial charge in [0.25, 0.3) is 0 Å². The molecule has 0 unspecified atom stereocenters. The van der Waals surface area contributed by atoms with E-state index in [1.165, 1.54) is 12.1 Å². The van der Waals surface area contributed by atoms with Crippen LogP contribution in [-0.4, -0.2) is 21.1 Å². The van der Waals surface area contributed by atoms with Crippen molar-refractivity contribution in [2.24, 2.45) is 0 Å². The largest absolute Gasteiger partial charge is 0.508 e. The maximum absolute atomic E-state index is 12.7. The molecule has 0 fully saturated rings. The molecule has 0 bridgehead atoms. The molecule has 1 aliphatic rings. The summed E-state index contributed by atoms with van der Waals surface area (Å²) in [4.78, 5) is 12.7. The molecule has 5 nitrogen and oxygen atoms in total. The number of hydrogen-bond donors (Lipinski definition) is 3. The second-order valence-electron chi connectivity index (χ2n) is 6.60. The zero-order valence-corrected chi connectivity index (χ0v) is 14.9. The maximum atomic E-state index is 12.7. The van der Waals surface area contributed by atoms with Crippen LogP contribution in [0.15, 0.2) is 60.7 Å². The van der Waals surface area contributed by atoms with Crippen LogP contribution >= 0.6 is 0 Å². The number of phenolic OH excluding ortho intramolecular Hbond substituents is 3. The highest BCUT2D eigenvalue weighted by molar-refractivity contribution is 6.04. The average Bonchev–Trinajstić information content (AvgIpc) is 2.68. The Hall–Kier alpha value is -3.73. The normalized spacial score (nSPS) is 16.0. The van der Waals surface area contributed by atoms with Crippen molar-refractivity contribution < 1.29 is 24.9 Å². The highest BCUT2D eigenvalue weighted by Gasteiger charge is 2.33. The number of Topliss-reactive ketones (excluding diaryl/α,β-unsaturated/α-hetero) is 1. The summed E-state index contributed by atoms with van der Waals surface area (Å²) in [7, 11) is 0. The van der Waals surface area contributed by atoms with Gasteiger partial charge in [0.2, 0.25) is 0 Å². The molecular formula is C23H18O5. The van der Waals surface area contributed by atoms with E-state index in [0.29, 0.717) is 5.56 Å². The third kappa shape index (κ3) is 3.30. The lowest BCUT2D eigenvalue weighted by molar-refractivity contribution is 0.0844. The molecule has 5 heteroatoms. The molecule has 0 saturated carbocycles. The number of rotatable bonds is 3. The van der Waals surface area contributed by atoms with Gasteiger partial charge in [-0.05, 0) is 29.3 Å². The Balaban J connectivity index is 1.78. The minimum absolute atomic E-state index is 0.0535. The van der Waals surface area contributed by atoms with Crippen LogP contribution in [-0.2, 0) is 0 Å². The summed E-state index contributed by atoms with van der Waals surface area (Å²) in [6, 6.07) is 17.1. The van der Waals surface area contributed by atoms with Crippen molar-refractivity contribution in [3.05, 3.63) is 82.9 Å². The molecule has 0 radical (unpaired) electrons. The molecule has 3 aromatic carbocycles. The lowest BCUT2D eigenvalue weighted by Gasteiger charge is -2.27. The predicted octanol–water partition coefficient (Wildman–Crippen LogP) is 4.68. The van der Waals surface area contributed by atoms with Crippen LogP contribution in [0, 0.1) is 0 Å². The first-order valence-electron chi connectivity index (χ1n) is 8.84. The van der Waals surface area contributed by atoms with E-state index in [0.717, 1.165) is 17.2 Å². The number of benzene rings is 3. The maximum Gasteiger partial charge on any atom is 0.174 e. The Morgan fingerprint density at radius 1 is 0.893 bits per heavy atom. The first-order chi connectivity index (χ1) is 13.5. The van der Waals surface area contributed by atoms with Crippen LogP contribution in [0.4, 0.5) is 0 Å². The molecule has 140 valence electrons. The Kier molecular flexibility index (Phi) is 4.49. The van der Waals surface area contributed by atoms with Gasteiger partial charge in [-0.15, -0.1) is 0 Å². The minimum Gasteiger partial charge on any atom is -0.508 e. The zero-order valence-electron chi connectivity index (χ0n) is 14.9. The van der Waals surface area contributed by atoms with Crippen LogP contribution in [0.2, 0.25) is 0 Å². The molecule has 4 rings (SSSR count). The lowest BCUT2D eigenvalue weighted by Crippen LogP contribution is -2.21. The molecule has 0 aromatic heterocycles. The summed E-state index contributed by atoms with van der Waals surface area (Å²) in [5, 5.41) is 30.0. The lowest BCUT2D eigenvalue weighted by atomic mass is 9.93. The molecule has 1 aliphatic heterocycles. The van der Waals surface area contributed by atoms with Gasteiger partial charge < -0.3 is 20.1 Å². The van der Waals surface area contributed by atoms with Gasteiger partial charge in [0, 0.05) is 6.07 Å². The average molecular weight is 374 g/mol. The summed E-state index contributed by atoms with van der Waals surface area (Å²) < 4.78 is 6.04. The number of ether oxygens (including phenoxy) is 1. The highest BCUT2D eigenvalue weighted by atomic mass is 16.5. The fraction of sp³-hybridized carbons (Fsp3) is 0.0870. The predicted molar refractivity (Wildman–Crippen MR) is 106 cm³/mol. The van der Waals surface area contributed by atoms with Gasteiger partial charge in [0.1, 0.15) is 34.7 Å². The van der Waals surface area contributed by atoms with Crippen LogP contribution in [0.3, 0.4) is 0 Å². The highest BCUT2D eigenvalue weighted by Crippen LogP contribution is 2.46. The van der Waals surface area contributed by atoms with E-state index in [1.54, 1.807) is 24.3 Å². The van der Waals surface area contributed by atoms with Gasteiger partial charge in [0.05, 0.1) is 12.0 Å². The standard InChI is InChI=1S/C23H18O5/c24-16-9-7-15(8-10-16)21-13-20(27)22-19(26)12-18(25)17(23(22)28-21)11-6-14-4-2-1-3-5-14/h1-12,21,24-26H,13H2/b11-6+/t21-/m0/s1. The van der Waals surface area contributed by atoms with Crippen molar-refractivity contribution in [1.29, 1.82) is 0 Å². The number of phenols is 3. The summed E-state index contributed by atoms with van der Waals surface area (Å²) in [6.45, 7) is 0. The van der Waals surface area contributed by atoms with E-state index in [9.17, 15) is 20.1 Å². The van der Waals surface area contributed by atoms with Gasteiger partial charge in [-0.3, -0.25) is 4.79 Å². The number of hydrogen-bond acceptors (Lipinski definition) is 5. The number of carbonyl (C=O) groups is 1. The van der Waals surface area contributed by atoms with Gasteiger partial charge in [0.15, 0.2) is 5.78 Å². The molecule has 0 aliphatic carbocycles. The third-order valence-electron chi connectivity index (χ3n) is 4.69. The molecule has 3 N–H and O–H groups in total. The van der Waals surface area contributed by atoms with Crippen molar-refractivity contribution in [2.45, 2.75) is 12.5 Å². The molecular weight excluding hydrogens is 356 g/mol. The second kappa shape index (κ2) is 7.12. The smallest absolute Gasteiger partial charge is 0.174 e. The van der Waals surface area contributed by atoms with E-state index in [2.05, 4.69) is 0 Å². The second-order valence-corrected chi connectivity index (χ2v) is 6.60. The molecule has 1 atom stereocenters. The SMILES string of the molecule is O=C1C[C@@H](c2ccc(O)cc2)Oc2c(/C=C/c3ccccc3)c(O)cc(O)c21. The van der Waals surface area contributed by atoms with Crippen molar-refractivity contribution in [2.75, 3.05) is 0 Å². The fourth-order valence-corrected chi connectivity index (χ4v) is 3.27. The van der Waals surface area contributed by atoms with E-state index >= 15 is 0 Å². The summed E-state index contributed by atoms with van der Waals surface area (Å²) in [6.07, 6.45) is 2.93. The first kappa shape index (κ1) is 17.7. The van der Waals surface area contributed by atoms with Crippen molar-refractivity contribution >= 4 is 17.9 Å². The summed E-state index contributed by atoms with van der Waals surface area (Å²) in [5.41, 5.74) is 2.03. The van der Waals surface area contributed by atoms with E-state index in [-0.39, 0.29) is 40.8 Å². The quantitative estimate of drug-likeness (QED) is 0.580. The van der Waals surface area contributed by atoms with E-state index < -0.39 is 6.10 Å². The van der Waals surface area contributed by atoms with Gasteiger partial charge >= 0.3 is 0 Å². The molecule has 0 saturated heterocycles. The number of ketones is 1. The van der Waals surface area contributed by atoms with Crippen molar-refractivity contribution in [3.8, 4) is 23.0 Å². The summed E-state index contributed by atoms with van der Waals surface area (Å²) in [5.74, 6) is -0.487. The third-order valence-corrected chi connectivity index (χ3v) is 4.69. The molecule has 3 aromatic rings. The van der Waals surface area contributed by atoms with Crippen LogP contribution < -0.4 is 4.74 Å². The van der Waals surface area contributed by atoms with Crippen LogP contribution in [0.1, 0.15) is 39.6 Å². The number of aromatic hydroxyl groups is 3. The van der Waals surface area contributed by atoms with Crippen LogP contribution in [0.25, 0.3) is 12.2 Å². The Morgan fingerprint density at radius 2 is 1.61 bits per heavy atom. The van der Waals surface area contributed by atoms with E-state index in [4.69, 9.17) is 4.74 Å². The zero-order chi connectivity index (χ0) is 19.7. The van der Waals surface area contributed by atoms with E-state index in [1.807, 2.05) is 30.3 Å². The van der Waals surface area contributed by atoms with Crippen molar-refractivity contribution in [1.82, 2.24) is 0 Å². The number of fused-ring (bicyclic) bond motifs is 1. The fourth-order valence-electron chi connectivity index (χ4n) is 3.27. The Labute approximate surface area is 161 Å². The monoisotopic (exact) mass is 374 g/mol. The summed E-state index contributed by atoms with van der Waals surface area (Å²) >= 11 is 0. The van der Waals surface area contributed by atoms with Gasteiger partial charge in [-0.2, -0.15) is 0 Å². The topological polar surface area (TPSA) is 87.0 Å². The first-order valence-corrected chi connectivity index (χ1v) is 8.84. The van der Waals surface area contributed by atoms with Gasteiger partial charge in [-0.1, -0.05) is 48.5 Å². The molecule has 0 amide bonds. The number of carbonyl (C=O) groups excluding carboxylic acids is 1. The molecule has 0 spiro atoms. The Morgan fingerprint density at radius 3 is 2.32 bits per heavy atom.